The van der Waals surface area contributed by atoms with Crippen LogP contribution in [0.3, 0.4) is 0 Å². The van der Waals surface area contributed by atoms with E-state index >= 15 is 0 Å². The lowest BCUT2D eigenvalue weighted by Crippen LogP contribution is -2.18. The second-order valence-electron chi connectivity index (χ2n) is 3.70. The largest absolute Gasteiger partial charge is 0.337 e. The average molecular weight is 241 g/mol. The summed E-state index contributed by atoms with van der Waals surface area (Å²) in [4.78, 5) is 5.74. The smallest absolute Gasteiger partial charge is 0.146 e. The normalized spacial score (nSPS) is 9.83. The summed E-state index contributed by atoms with van der Waals surface area (Å²) < 4.78 is 13.8. The van der Waals surface area contributed by atoms with Crippen LogP contribution in [0.5, 0.6) is 0 Å². The zero-order valence-corrected chi connectivity index (χ0v) is 9.97. The third-order valence-electron chi connectivity index (χ3n) is 2.67. The summed E-state index contributed by atoms with van der Waals surface area (Å²) in [5.41, 5.74) is 1.55. The minimum absolute atomic E-state index is 0.313. The van der Waals surface area contributed by atoms with E-state index in [2.05, 4.69) is 11.1 Å². The van der Waals surface area contributed by atoms with Crippen LogP contribution in [0.1, 0.15) is 12.5 Å². The van der Waals surface area contributed by atoms with Crippen molar-refractivity contribution in [2.24, 2.45) is 0 Å². The van der Waals surface area contributed by atoms with Gasteiger partial charge in [-0.15, -0.1) is 0 Å². The first-order valence-corrected chi connectivity index (χ1v) is 5.64. The molecule has 0 radical (unpaired) electrons. The van der Waals surface area contributed by atoms with Crippen LogP contribution >= 0.6 is 0 Å². The highest BCUT2D eigenvalue weighted by Gasteiger charge is 2.14. The van der Waals surface area contributed by atoms with Gasteiger partial charge in [-0.1, -0.05) is 12.1 Å². The van der Waals surface area contributed by atoms with Gasteiger partial charge >= 0.3 is 0 Å². The Kier molecular flexibility index (Phi) is 3.54. The molecule has 0 aliphatic carbocycles. The molecule has 0 spiro atoms. The standard InChI is InChI=1S/C14H12FN3/c1-2-18(13-6-4-3-5-12(13)15)14-10-17-8-7-11(14)9-16/h3-8,10H,2H2,1H3. The molecule has 2 rings (SSSR count). The fourth-order valence-corrected chi connectivity index (χ4v) is 1.84. The van der Waals surface area contributed by atoms with Crippen LogP contribution in [0.25, 0.3) is 0 Å². The zero-order chi connectivity index (χ0) is 13.0. The molecule has 0 bridgehead atoms. The predicted molar refractivity (Wildman–Crippen MR) is 68.0 cm³/mol. The third-order valence-corrected chi connectivity index (χ3v) is 2.67. The highest BCUT2D eigenvalue weighted by atomic mass is 19.1. The van der Waals surface area contributed by atoms with Gasteiger partial charge in [-0.3, -0.25) is 4.98 Å². The summed E-state index contributed by atoms with van der Waals surface area (Å²) in [6.07, 6.45) is 3.13. The van der Waals surface area contributed by atoms with Crippen LogP contribution in [-0.2, 0) is 0 Å². The molecule has 0 aliphatic rings. The van der Waals surface area contributed by atoms with Gasteiger partial charge in [-0.05, 0) is 25.1 Å². The maximum atomic E-state index is 13.8. The number of pyridine rings is 1. The summed E-state index contributed by atoms with van der Waals surface area (Å²) in [6.45, 7) is 2.46. The number of rotatable bonds is 3. The molecule has 90 valence electrons. The van der Waals surface area contributed by atoms with Crippen LogP contribution in [0.4, 0.5) is 15.8 Å². The number of nitriles is 1. The lowest BCUT2D eigenvalue weighted by Gasteiger charge is -2.24. The quantitative estimate of drug-likeness (QED) is 0.828. The van der Waals surface area contributed by atoms with Crippen molar-refractivity contribution < 1.29 is 4.39 Å². The van der Waals surface area contributed by atoms with Gasteiger partial charge in [0.25, 0.3) is 0 Å². The van der Waals surface area contributed by atoms with E-state index in [1.54, 1.807) is 41.6 Å². The molecule has 0 saturated carbocycles. The Morgan fingerprint density at radius 3 is 2.72 bits per heavy atom. The van der Waals surface area contributed by atoms with Crippen LogP contribution in [0.2, 0.25) is 0 Å². The van der Waals surface area contributed by atoms with Crippen LogP contribution < -0.4 is 4.90 Å². The van der Waals surface area contributed by atoms with E-state index in [0.29, 0.717) is 23.5 Å². The minimum Gasteiger partial charge on any atom is -0.337 e. The SMILES string of the molecule is CCN(c1ccccc1F)c1cnccc1C#N. The monoisotopic (exact) mass is 241 g/mol. The van der Waals surface area contributed by atoms with E-state index in [1.165, 1.54) is 6.07 Å². The first-order chi connectivity index (χ1) is 8.77. The van der Waals surface area contributed by atoms with Gasteiger partial charge in [-0.2, -0.15) is 5.26 Å². The molecule has 0 atom stereocenters. The highest BCUT2D eigenvalue weighted by molar-refractivity contribution is 5.68. The molecule has 1 aromatic heterocycles. The van der Waals surface area contributed by atoms with E-state index in [4.69, 9.17) is 5.26 Å². The summed E-state index contributed by atoms with van der Waals surface area (Å²) in [6, 6.07) is 10.2. The van der Waals surface area contributed by atoms with Gasteiger partial charge in [0.05, 0.1) is 23.1 Å². The predicted octanol–water partition coefficient (Wildman–Crippen LogP) is 3.25. The van der Waals surface area contributed by atoms with Crippen molar-refractivity contribution in [1.82, 2.24) is 4.98 Å². The number of benzene rings is 1. The second kappa shape index (κ2) is 5.28. The van der Waals surface area contributed by atoms with Crippen molar-refractivity contribution in [3.05, 3.63) is 54.1 Å². The molecule has 0 amide bonds. The summed E-state index contributed by atoms with van der Waals surface area (Å²) in [7, 11) is 0. The maximum Gasteiger partial charge on any atom is 0.146 e. The molecule has 3 nitrogen and oxygen atoms in total. The van der Waals surface area contributed by atoms with Gasteiger partial charge < -0.3 is 4.90 Å². The van der Waals surface area contributed by atoms with E-state index in [1.807, 2.05) is 6.92 Å². The van der Waals surface area contributed by atoms with Gasteiger partial charge in [0.15, 0.2) is 0 Å². The Balaban J connectivity index is 2.53. The molecule has 0 N–H and O–H groups in total. The van der Waals surface area contributed by atoms with Crippen molar-refractivity contribution in [1.29, 1.82) is 5.26 Å². The fraction of sp³-hybridized carbons (Fsp3) is 0.143. The number of para-hydroxylation sites is 1. The van der Waals surface area contributed by atoms with Crippen molar-refractivity contribution in [3.63, 3.8) is 0 Å². The summed E-state index contributed by atoms with van der Waals surface area (Å²) in [5, 5.41) is 9.08. The van der Waals surface area contributed by atoms with Gasteiger partial charge in [0, 0.05) is 12.7 Å². The maximum absolute atomic E-state index is 13.8. The van der Waals surface area contributed by atoms with Crippen LogP contribution in [0.15, 0.2) is 42.7 Å². The Morgan fingerprint density at radius 1 is 1.28 bits per heavy atom. The number of aromatic nitrogens is 1. The number of halogens is 1. The fourth-order valence-electron chi connectivity index (χ4n) is 1.84. The van der Waals surface area contributed by atoms with Gasteiger partial charge in [0.1, 0.15) is 11.9 Å². The lowest BCUT2D eigenvalue weighted by atomic mass is 10.2. The second-order valence-corrected chi connectivity index (χ2v) is 3.70. The molecule has 0 unspecified atom stereocenters. The Bertz CT molecular complexity index is 590. The number of hydrogen-bond donors (Lipinski definition) is 0. The van der Waals surface area contributed by atoms with E-state index in [9.17, 15) is 4.39 Å². The Morgan fingerprint density at radius 2 is 2.06 bits per heavy atom. The molecule has 0 saturated heterocycles. The Hall–Kier alpha value is -2.41. The molecule has 2 aromatic rings. The minimum atomic E-state index is -0.313. The van der Waals surface area contributed by atoms with E-state index in [0.717, 1.165) is 0 Å². The summed E-state index contributed by atoms with van der Waals surface area (Å²) >= 11 is 0. The average Bonchev–Trinajstić information content (AvgIpc) is 2.42. The zero-order valence-electron chi connectivity index (χ0n) is 9.97. The molecule has 18 heavy (non-hydrogen) atoms. The number of anilines is 2. The third kappa shape index (κ3) is 2.16. The summed E-state index contributed by atoms with van der Waals surface area (Å²) in [5.74, 6) is -0.313. The van der Waals surface area contributed by atoms with E-state index in [-0.39, 0.29) is 5.82 Å². The van der Waals surface area contributed by atoms with Gasteiger partial charge in [0.2, 0.25) is 0 Å². The number of nitrogens with zero attached hydrogens (tertiary/aromatic N) is 3. The molecular weight excluding hydrogens is 229 g/mol. The topological polar surface area (TPSA) is 39.9 Å². The van der Waals surface area contributed by atoms with Crippen molar-refractivity contribution in [3.8, 4) is 6.07 Å². The first-order valence-electron chi connectivity index (χ1n) is 5.64. The molecule has 4 heteroatoms. The first kappa shape index (κ1) is 12.1. The van der Waals surface area contributed by atoms with Crippen molar-refractivity contribution in [2.75, 3.05) is 11.4 Å². The molecule has 0 aliphatic heterocycles. The molecular formula is C14H12FN3. The molecule has 1 aromatic carbocycles. The van der Waals surface area contributed by atoms with Crippen molar-refractivity contribution in [2.45, 2.75) is 6.92 Å². The molecule has 0 fully saturated rings. The van der Waals surface area contributed by atoms with Gasteiger partial charge in [-0.25, -0.2) is 4.39 Å². The molecule has 1 heterocycles. The Labute approximate surface area is 105 Å². The van der Waals surface area contributed by atoms with Crippen LogP contribution in [0, 0.1) is 17.1 Å². The highest BCUT2D eigenvalue weighted by Crippen LogP contribution is 2.29. The van der Waals surface area contributed by atoms with E-state index < -0.39 is 0 Å². The van der Waals surface area contributed by atoms with Crippen molar-refractivity contribution >= 4 is 11.4 Å². The number of hydrogen-bond acceptors (Lipinski definition) is 3. The lowest BCUT2D eigenvalue weighted by molar-refractivity contribution is 0.625. The van der Waals surface area contributed by atoms with Crippen LogP contribution in [-0.4, -0.2) is 11.5 Å².